The summed E-state index contributed by atoms with van der Waals surface area (Å²) in [6, 6.07) is 0. The normalized spacial score (nSPS) is 33.4. The Bertz CT molecular complexity index is 152. The van der Waals surface area contributed by atoms with Crippen LogP contribution in [0.3, 0.4) is 0 Å². The Morgan fingerprint density at radius 2 is 2.18 bits per heavy atom. The molecule has 2 unspecified atom stereocenters. The van der Waals surface area contributed by atoms with Gasteiger partial charge in [-0.05, 0) is 18.3 Å². The first-order valence-corrected chi connectivity index (χ1v) is 4.17. The van der Waals surface area contributed by atoms with Crippen molar-refractivity contribution >= 4 is 6.29 Å². The SMILES string of the molecule is CCOCC1C(C=O)C1(C)C. The highest BCUT2D eigenvalue weighted by Gasteiger charge is 2.57. The third-order valence-corrected chi connectivity index (χ3v) is 2.79. The topological polar surface area (TPSA) is 26.3 Å². The molecule has 2 atom stereocenters. The fourth-order valence-electron chi connectivity index (χ4n) is 1.62. The molecule has 0 heterocycles. The first kappa shape index (κ1) is 8.72. The van der Waals surface area contributed by atoms with Gasteiger partial charge in [-0.2, -0.15) is 0 Å². The summed E-state index contributed by atoms with van der Waals surface area (Å²) < 4.78 is 5.27. The molecule has 0 aliphatic heterocycles. The number of carbonyl (C=O) groups excluding carboxylic acids is 1. The van der Waals surface area contributed by atoms with E-state index in [1.165, 1.54) is 0 Å². The molecule has 2 heteroatoms. The Labute approximate surface area is 67.9 Å². The molecule has 0 N–H and O–H groups in total. The summed E-state index contributed by atoms with van der Waals surface area (Å²) >= 11 is 0. The monoisotopic (exact) mass is 156 g/mol. The van der Waals surface area contributed by atoms with Crippen LogP contribution in [0, 0.1) is 17.3 Å². The molecule has 11 heavy (non-hydrogen) atoms. The van der Waals surface area contributed by atoms with Gasteiger partial charge in [-0.25, -0.2) is 0 Å². The molecule has 1 rings (SSSR count). The highest BCUT2D eigenvalue weighted by molar-refractivity contribution is 5.61. The lowest BCUT2D eigenvalue weighted by atomic mass is 10.1. The van der Waals surface area contributed by atoms with Gasteiger partial charge < -0.3 is 9.53 Å². The van der Waals surface area contributed by atoms with E-state index in [1.807, 2.05) is 6.92 Å². The predicted octanol–water partition coefficient (Wildman–Crippen LogP) is 1.49. The molecule has 1 saturated carbocycles. The summed E-state index contributed by atoms with van der Waals surface area (Å²) in [5.41, 5.74) is 0.191. The number of carbonyl (C=O) groups is 1. The lowest BCUT2D eigenvalue weighted by molar-refractivity contribution is -0.109. The molecule has 1 aliphatic rings. The van der Waals surface area contributed by atoms with E-state index in [0.717, 1.165) is 19.5 Å². The second-order valence-corrected chi connectivity index (χ2v) is 3.75. The van der Waals surface area contributed by atoms with Crippen molar-refractivity contribution in [2.75, 3.05) is 13.2 Å². The summed E-state index contributed by atoms with van der Waals surface area (Å²) in [7, 11) is 0. The Balaban J connectivity index is 2.33. The molecule has 1 aliphatic carbocycles. The third kappa shape index (κ3) is 1.45. The molecule has 0 aromatic carbocycles. The summed E-state index contributed by atoms with van der Waals surface area (Å²) in [5, 5.41) is 0. The smallest absolute Gasteiger partial charge is 0.124 e. The Hall–Kier alpha value is -0.370. The van der Waals surface area contributed by atoms with Gasteiger partial charge in [-0.3, -0.25) is 0 Å². The van der Waals surface area contributed by atoms with Gasteiger partial charge in [0.2, 0.25) is 0 Å². The van der Waals surface area contributed by atoms with E-state index in [9.17, 15) is 4.79 Å². The molecule has 1 fully saturated rings. The standard InChI is InChI=1S/C9H16O2/c1-4-11-6-8-7(5-10)9(8,2)3/h5,7-8H,4,6H2,1-3H3. The fourth-order valence-corrected chi connectivity index (χ4v) is 1.62. The largest absolute Gasteiger partial charge is 0.381 e. The van der Waals surface area contributed by atoms with Crippen LogP contribution in [0.1, 0.15) is 20.8 Å². The van der Waals surface area contributed by atoms with Crippen LogP contribution < -0.4 is 0 Å². The maximum Gasteiger partial charge on any atom is 0.124 e. The number of aldehydes is 1. The molecule has 0 aromatic heterocycles. The fraction of sp³-hybridized carbons (Fsp3) is 0.889. The molecule has 0 spiro atoms. The molecule has 0 saturated heterocycles. The van der Waals surface area contributed by atoms with Crippen LogP contribution in [0.25, 0.3) is 0 Å². The van der Waals surface area contributed by atoms with Crippen LogP contribution in [0.4, 0.5) is 0 Å². The number of rotatable bonds is 4. The number of hydrogen-bond donors (Lipinski definition) is 0. The molecular formula is C9H16O2. The lowest BCUT2D eigenvalue weighted by Crippen LogP contribution is -2.00. The first-order valence-electron chi connectivity index (χ1n) is 4.17. The first-order chi connectivity index (χ1) is 5.14. The van der Waals surface area contributed by atoms with Gasteiger partial charge in [0.25, 0.3) is 0 Å². The molecule has 0 aromatic rings. The molecular weight excluding hydrogens is 140 g/mol. The van der Waals surface area contributed by atoms with E-state index in [4.69, 9.17) is 4.74 Å². The highest BCUT2D eigenvalue weighted by Crippen LogP contribution is 2.56. The highest BCUT2D eigenvalue weighted by atomic mass is 16.5. The van der Waals surface area contributed by atoms with Gasteiger partial charge in [-0.1, -0.05) is 13.8 Å². The predicted molar refractivity (Wildman–Crippen MR) is 43.3 cm³/mol. The Morgan fingerprint density at radius 3 is 2.55 bits per heavy atom. The van der Waals surface area contributed by atoms with Crippen LogP contribution in [0.15, 0.2) is 0 Å². The van der Waals surface area contributed by atoms with Gasteiger partial charge in [0.1, 0.15) is 6.29 Å². The summed E-state index contributed by atoms with van der Waals surface area (Å²) in [4.78, 5) is 10.5. The molecule has 0 bridgehead atoms. The number of ether oxygens (including phenoxy) is 1. The molecule has 0 radical (unpaired) electrons. The zero-order valence-electron chi connectivity index (χ0n) is 7.46. The van der Waals surface area contributed by atoms with Crippen molar-refractivity contribution in [1.29, 1.82) is 0 Å². The maximum atomic E-state index is 10.5. The van der Waals surface area contributed by atoms with Crippen molar-refractivity contribution in [2.45, 2.75) is 20.8 Å². The van der Waals surface area contributed by atoms with Crippen molar-refractivity contribution in [3.05, 3.63) is 0 Å². The van der Waals surface area contributed by atoms with E-state index in [2.05, 4.69) is 13.8 Å². The molecule has 64 valence electrons. The minimum Gasteiger partial charge on any atom is -0.381 e. The third-order valence-electron chi connectivity index (χ3n) is 2.79. The van der Waals surface area contributed by atoms with Crippen molar-refractivity contribution in [1.82, 2.24) is 0 Å². The Morgan fingerprint density at radius 1 is 1.55 bits per heavy atom. The van der Waals surface area contributed by atoms with E-state index in [1.54, 1.807) is 0 Å². The van der Waals surface area contributed by atoms with Crippen molar-refractivity contribution in [2.24, 2.45) is 17.3 Å². The van der Waals surface area contributed by atoms with Crippen molar-refractivity contribution in [3.63, 3.8) is 0 Å². The van der Waals surface area contributed by atoms with E-state index in [0.29, 0.717) is 5.92 Å². The van der Waals surface area contributed by atoms with Gasteiger partial charge in [0, 0.05) is 12.5 Å². The molecule has 0 amide bonds. The zero-order valence-corrected chi connectivity index (χ0v) is 7.46. The minimum atomic E-state index is 0.191. The van der Waals surface area contributed by atoms with Crippen molar-refractivity contribution < 1.29 is 9.53 Å². The van der Waals surface area contributed by atoms with Crippen LogP contribution in [0.5, 0.6) is 0 Å². The van der Waals surface area contributed by atoms with Gasteiger partial charge in [-0.15, -0.1) is 0 Å². The maximum absolute atomic E-state index is 10.5. The van der Waals surface area contributed by atoms with E-state index < -0.39 is 0 Å². The summed E-state index contributed by atoms with van der Waals surface area (Å²) in [5.74, 6) is 0.689. The average molecular weight is 156 g/mol. The second-order valence-electron chi connectivity index (χ2n) is 3.75. The van der Waals surface area contributed by atoms with Crippen LogP contribution >= 0.6 is 0 Å². The molecule has 2 nitrogen and oxygen atoms in total. The Kier molecular flexibility index (Phi) is 2.33. The van der Waals surface area contributed by atoms with Gasteiger partial charge >= 0.3 is 0 Å². The van der Waals surface area contributed by atoms with Gasteiger partial charge in [0.15, 0.2) is 0 Å². The average Bonchev–Trinajstić information content (AvgIpc) is 2.48. The number of hydrogen-bond acceptors (Lipinski definition) is 2. The van der Waals surface area contributed by atoms with E-state index in [-0.39, 0.29) is 11.3 Å². The van der Waals surface area contributed by atoms with Gasteiger partial charge in [0.05, 0.1) is 6.61 Å². The minimum absolute atomic E-state index is 0.191. The zero-order chi connectivity index (χ0) is 8.48. The lowest BCUT2D eigenvalue weighted by Gasteiger charge is -2.01. The van der Waals surface area contributed by atoms with Crippen LogP contribution in [-0.4, -0.2) is 19.5 Å². The van der Waals surface area contributed by atoms with E-state index >= 15 is 0 Å². The summed E-state index contributed by atoms with van der Waals surface area (Å²) in [6.45, 7) is 7.71. The quantitative estimate of drug-likeness (QED) is 0.576. The second kappa shape index (κ2) is 2.94. The summed E-state index contributed by atoms with van der Waals surface area (Å²) in [6.07, 6.45) is 1.06. The van der Waals surface area contributed by atoms with Crippen LogP contribution in [-0.2, 0) is 9.53 Å². The van der Waals surface area contributed by atoms with Crippen molar-refractivity contribution in [3.8, 4) is 0 Å². The van der Waals surface area contributed by atoms with Crippen LogP contribution in [0.2, 0.25) is 0 Å².